The Morgan fingerprint density at radius 1 is 1.18 bits per heavy atom. The van der Waals surface area contributed by atoms with Crippen molar-refractivity contribution in [3.05, 3.63) is 34.4 Å². The summed E-state index contributed by atoms with van der Waals surface area (Å²) in [4.78, 5) is 0.648. The zero-order valence-corrected chi connectivity index (χ0v) is 13.0. The summed E-state index contributed by atoms with van der Waals surface area (Å²) in [5.74, 6) is 0. The standard InChI is InChI=1S/C15H24BrN/c1-5-14(16)6-7-17-10-15-12(3)8-11(2)9-13(15)4/h8-9,14,17H,5-7,10H2,1-4H3. The molecule has 1 unspecified atom stereocenters. The Labute approximate surface area is 114 Å². The van der Waals surface area contributed by atoms with Crippen molar-refractivity contribution in [1.82, 2.24) is 5.32 Å². The molecule has 0 spiro atoms. The van der Waals surface area contributed by atoms with Gasteiger partial charge in [0.2, 0.25) is 0 Å². The summed E-state index contributed by atoms with van der Waals surface area (Å²) < 4.78 is 0. The average molecular weight is 298 g/mol. The molecule has 0 saturated heterocycles. The van der Waals surface area contributed by atoms with Gasteiger partial charge in [0.25, 0.3) is 0 Å². The van der Waals surface area contributed by atoms with Crippen molar-refractivity contribution in [3.8, 4) is 0 Å². The predicted octanol–water partition coefficient (Wildman–Crippen LogP) is 4.27. The lowest BCUT2D eigenvalue weighted by molar-refractivity contribution is 0.627. The molecule has 1 aromatic rings. The molecule has 1 atom stereocenters. The predicted molar refractivity (Wildman–Crippen MR) is 80.0 cm³/mol. The first-order valence-corrected chi connectivity index (χ1v) is 7.37. The Morgan fingerprint density at radius 3 is 2.29 bits per heavy atom. The number of benzene rings is 1. The van der Waals surface area contributed by atoms with Crippen molar-refractivity contribution in [1.29, 1.82) is 0 Å². The molecule has 0 fully saturated rings. The highest BCUT2D eigenvalue weighted by molar-refractivity contribution is 9.09. The molecule has 1 aromatic carbocycles. The summed E-state index contributed by atoms with van der Waals surface area (Å²) in [6.07, 6.45) is 2.39. The van der Waals surface area contributed by atoms with Crippen LogP contribution in [0.2, 0.25) is 0 Å². The van der Waals surface area contributed by atoms with Gasteiger partial charge in [-0.25, -0.2) is 0 Å². The third-order valence-electron chi connectivity index (χ3n) is 3.22. The van der Waals surface area contributed by atoms with Gasteiger partial charge >= 0.3 is 0 Å². The van der Waals surface area contributed by atoms with E-state index in [0.717, 1.165) is 13.1 Å². The minimum Gasteiger partial charge on any atom is -0.313 e. The van der Waals surface area contributed by atoms with Crippen molar-refractivity contribution in [2.45, 2.75) is 51.9 Å². The Bertz CT molecular complexity index is 337. The topological polar surface area (TPSA) is 12.0 Å². The van der Waals surface area contributed by atoms with Crippen LogP contribution in [0.15, 0.2) is 12.1 Å². The van der Waals surface area contributed by atoms with Crippen LogP contribution < -0.4 is 5.32 Å². The van der Waals surface area contributed by atoms with E-state index in [9.17, 15) is 0 Å². The highest BCUT2D eigenvalue weighted by atomic mass is 79.9. The van der Waals surface area contributed by atoms with Crippen LogP contribution in [-0.2, 0) is 6.54 Å². The first-order valence-electron chi connectivity index (χ1n) is 6.46. The Morgan fingerprint density at radius 2 is 1.76 bits per heavy atom. The second-order valence-corrected chi connectivity index (χ2v) is 6.14. The molecule has 0 saturated carbocycles. The molecule has 0 heterocycles. The lowest BCUT2D eigenvalue weighted by Gasteiger charge is -2.13. The van der Waals surface area contributed by atoms with Crippen molar-refractivity contribution in [2.24, 2.45) is 0 Å². The van der Waals surface area contributed by atoms with Crippen molar-refractivity contribution in [2.75, 3.05) is 6.54 Å². The second kappa shape index (κ2) is 7.17. The third kappa shape index (κ3) is 4.81. The number of nitrogens with one attached hydrogen (secondary N) is 1. The maximum absolute atomic E-state index is 3.66. The number of hydrogen-bond donors (Lipinski definition) is 1. The molecule has 2 heteroatoms. The summed E-state index contributed by atoms with van der Waals surface area (Å²) in [5, 5.41) is 3.54. The fourth-order valence-corrected chi connectivity index (χ4v) is 2.39. The number of aryl methyl sites for hydroxylation is 3. The van der Waals surface area contributed by atoms with E-state index in [1.165, 1.54) is 35.1 Å². The lowest BCUT2D eigenvalue weighted by atomic mass is 10.00. The lowest BCUT2D eigenvalue weighted by Crippen LogP contribution is -2.18. The SMILES string of the molecule is CCC(Br)CCNCc1c(C)cc(C)cc1C. The quantitative estimate of drug-likeness (QED) is 0.611. The maximum atomic E-state index is 3.66. The van der Waals surface area contributed by atoms with E-state index in [4.69, 9.17) is 0 Å². The number of hydrogen-bond acceptors (Lipinski definition) is 1. The first-order chi connectivity index (χ1) is 8.04. The minimum absolute atomic E-state index is 0.648. The van der Waals surface area contributed by atoms with Gasteiger partial charge in [0.1, 0.15) is 0 Å². The summed E-state index contributed by atoms with van der Waals surface area (Å²) in [5.41, 5.74) is 5.62. The molecule has 1 rings (SSSR count). The Hall–Kier alpha value is -0.340. The summed E-state index contributed by atoms with van der Waals surface area (Å²) in [6, 6.07) is 4.53. The second-order valence-electron chi connectivity index (χ2n) is 4.85. The van der Waals surface area contributed by atoms with Crippen LogP contribution in [0, 0.1) is 20.8 Å². The molecule has 0 aliphatic rings. The molecule has 17 heavy (non-hydrogen) atoms. The summed E-state index contributed by atoms with van der Waals surface area (Å²) >= 11 is 3.66. The molecule has 0 aliphatic heterocycles. The van der Waals surface area contributed by atoms with Crippen LogP contribution in [0.25, 0.3) is 0 Å². The van der Waals surface area contributed by atoms with Crippen molar-refractivity contribution < 1.29 is 0 Å². The van der Waals surface area contributed by atoms with Crippen LogP contribution in [0.5, 0.6) is 0 Å². The fraction of sp³-hybridized carbons (Fsp3) is 0.600. The molecule has 0 bridgehead atoms. The highest BCUT2D eigenvalue weighted by Crippen LogP contribution is 2.16. The van der Waals surface area contributed by atoms with E-state index in [1.54, 1.807) is 0 Å². The van der Waals surface area contributed by atoms with Gasteiger partial charge in [0.05, 0.1) is 0 Å². The Balaban J connectivity index is 2.47. The minimum atomic E-state index is 0.648. The van der Waals surface area contributed by atoms with E-state index < -0.39 is 0 Å². The van der Waals surface area contributed by atoms with E-state index in [0.29, 0.717) is 4.83 Å². The largest absolute Gasteiger partial charge is 0.313 e. The molecule has 96 valence electrons. The van der Waals surface area contributed by atoms with E-state index >= 15 is 0 Å². The molecular weight excluding hydrogens is 274 g/mol. The van der Waals surface area contributed by atoms with Crippen LogP contribution in [0.3, 0.4) is 0 Å². The normalized spacial score (nSPS) is 12.8. The molecule has 0 aliphatic carbocycles. The van der Waals surface area contributed by atoms with Gasteiger partial charge in [-0.1, -0.05) is 40.5 Å². The number of alkyl halides is 1. The highest BCUT2D eigenvalue weighted by Gasteiger charge is 2.04. The van der Waals surface area contributed by atoms with Gasteiger partial charge in [-0.05, 0) is 56.8 Å². The molecule has 1 N–H and O–H groups in total. The molecule has 1 nitrogen and oxygen atoms in total. The van der Waals surface area contributed by atoms with Gasteiger partial charge in [-0.3, -0.25) is 0 Å². The van der Waals surface area contributed by atoms with E-state index in [-0.39, 0.29) is 0 Å². The smallest absolute Gasteiger partial charge is 0.0210 e. The number of halogens is 1. The third-order valence-corrected chi connectivity index (χ3v) is 4.32. The van der Waals surface area contributed by atoms with Crippen LogP contribution >= 0.6 is 15.9 Å². The van der Waals surface area contributed by atoms with Crippen LogP contribution in [0.4, 0.5) is 0 Å². The van der Waals surface area contributed by atoms with Gasteiger partial charge in [-0.15, -0.1) is 0 Å². The molecular formula is C15H24BrN. The van der Waals surface area contributed by atoms with Crippen LogP contribution in [-0.4, -0.2) is 11.4 Å². The average Bonchev–Trinajstić information content (AvgIpc) is 2.26. The Kier molecular flexibility index (Phi) is 6.21. The van der Waals surface area contributed by atoms with Crippen LogP contribution in [0.1, 0.15) is 42.0 Å². The fourth-order valence-electron chi connectivity index (χ4n) is 2.16. The van der Waals surface area contributed by atoms with Gasteiger partial charge in [0.15, 0.2) is 0 Å². The van der Waals surface area contributed by atoms with Gasteiger partial charge in [-0.2, -0.15) is 0 Å². The van der Waals surface area contributed by atoms with Gasteiger partial charge < -0.3 is 5.32 Å². The maximum Gasteiger partial charge on any atom is 0.0210 e. The van der Waals surface area contributed by atoms with Crippen molar-refractivity contribution >= 4 is 15.9 Å². The van der Waals surface area contributed by atoms with E-state index in [2.05, 4.69) is 61.1 Å². The van der Waals surface area contributed by atoms with Crippen molar-refractivity contribution in [3.63, 3.8) is 0 Å². The molecule has 0 radical (unpaired) electrons. The summed E-state index contributed by atoms with van der Waals surface area (Å²) in [7, 11) is 0. The molecule has 0 aromatic heterocycles. The monoisotopic (exact) mass is 297 g/mol. The summed E-state index contributed by atoms with van der Waals surface area (Å²) in [6.45, 7) is 10.9. The first kappa shape index (κ1) is 14.7. The number of rotatable bonds is 6. The van der Waals surface area contributed by atoms with Gasteiger partial charge in [0, 0.05) is 11.4 Å². The van der Waals surface area contributed by atoms with E-state index in [1.807, 2.05) is 0 Å². The zero-order valence-electron chi connectivity index (χ0n) is 11.4. The molecule has 0 amide bonds. The zero-order chi connectivity index (χ0) is 12.8.